The van der Waals surface area contributed by atoms with E-state index in [1.165, 1.54) is 15.3 Å². The first-order valence-corrected chi connectivity index (χ1v) is 12.9. The van der Waals surface area contributed by atoms with Gasteiger partial charge in [0.2, 0.25) is 10.0 Å². The number of rotatable bonds is 4. The molecule has 5 nitrogen and oxygen atoms in total. The molecule has 0 amide bonds. The van der Waals surface area contributed by atoms with Crippen molar-refractivity contribution in [2.24, 2.45) is 0 Å². The van der Waals surface area contributed by atoms with Crippen molar-refractivity contribution in [1.29, 1.82) is 0 Å². The smallest absolute Gasteiger partial charge is 0.243 e. The van der Waals surface area contributed by atoms with Gasteiger partial charge in [-0.3, -0.25) is 4.90 Å². The van der Waals surface area contributed by atoms with Crippen molar-refractivity contribution in [3.8, 4) is 0 Å². The number of thiophene rings is 1. The van der Waals surface area contributed by atoms with Crippen LogP contribution in [0, 0.1) is 0 Å². The molecule has 0 unspecified atom stereocenters. The molecule has 0 aliphatic carbocycles. The molecule has 30 heavy (non-hydrogen) atoms. The lowest BCUT2D eigenvalue weighted by Crippen LogP contribution is -2.48. The average Bonchev–Trinajstić information content (AvgIpc) is 3.16. The van der Waals surface area contributed by atoms with Gasteiger partial charge >= 0.3 is 0 Å². The van der Waals surface area contributed by atoms with Crippen LogP contribution in [0.2, 0.25) is 5.02 Å². The molecule has 3 aromatic rings. The highest BCUT2D eigenvalue weighted by Crippen LogP contribution is 2.28. The number of halogens is 1. The quantitative estimate of drug-likeness (QED) is 0.643. The molecule has 1 aromatic heterocycles. The molecule has 2 aliphatic rings. The molecular weight excluding hydrogens is 438 g/mol. The van der Waals surface area contributed by atoms with Gasteiger partial charge in [0.05, 0.1) is 4.90 Å². The van der Waals surface area contributed by atoms with Crippen LogP contribution in [-0.2, 0) is 29.5 Å². The van der Waals surface area contributed by atoms with Gasteiger partial charge < -0.3 is 5.32 Å². The molecule has 0 atom stereocenters. The number of nitrogens with one attached hydrogen (secondary N) is 1. The lowest BCUT2D eigenvalue weighted by Gasteiger charge is -2.33. The van der Waals surface area contributed by atoms with E-state index < -0.39 is 10.0 Å². The Labute approximate surface area is 186 Å². The largest absolute Gasteiger partial charge is 0.312 e. The topological polar surface area (TPSA) is 52.7 Å². The van der Waals surface area contributed by atoms with Crippen LogP contribution in [0.3, 0.4) is 0 Å². The summed E-state index contributed by atoms with van der Waals surface area (Å²) in [4.78, 5) is 5.60. The number of sulfonamides is 1. The maximum Gasteiger partial charge on any atom is 0.243 e. The van der Waals surface area contributed by atoms with Gasteiger partial charge in [-0.15, -0.1) is 11.3 Å². The Morgan fingerprint density at radius 3 is 2.57 bits per heavy atom. The fourth-order valence-corrected chi connectivity index (χ4v) is 7.11. The maximum atomic E-state index is 13.2. The lowest BCUT2D eigenvalue weighted by atomic mass is 10.1. The molecule has 1 saturated heterocycles. The monoisotopic (exact) mass is 461 g/mol. The zero-order chi connectivity index (χ0) is 20.7. The predicted molar refractivity (Wildman–Crippen MR) is 123 cm³/mol. The maximum absolute atomic E-state index is 13.2. The molecular formula is C22H24ClN3O2S2. The molecule has 1 fully saturated rings. The van der Waals surface area contributed by atoms with E-state index in [0.717, 1.165) is 49.9 Å². The second kappa shape index (κ2) is 8.22. The number of hydrogen-bond donors (Lipinski definition) is 1. The van der Waals surface area contributed by atoms with Gasteiger partial charge in [-0.2, -0.15) is 4.31 Å². The summed E-state index contributed by atoms with van der Waals surface area (Å²) in [6.07, 6.45) is 1.12. The van der Waals surface area contributed by atoms with Crippen molar-refractivity contribution in [2.45, 2.75) is 24.4 Å². The van der Waals surface area contributed by atoms with E-state index in [1.807, 2.05) is 29.5 Å². The Hall–Kier alpha value is -1.48. The molecule has 1 N–H and O–H groups in total. The lowest BCUT2D eigenvalue weighted by molar-refractivity contribution is 0.183. The van der Waals surface area contributed by atoms with Crippen LogP contribution in [0.5, 0.6) is 0 Å². The zero-order valence-electron chi connectivity index (χ0n) is 16.6. The third kappa shape index (κ3) is 4.02. The molecule has 158 valence electrons. The Morgan fingerprint density at radius 2 is 1.77 bits per heavy atom. The van der Waals surface area contributed by atoms with Crippen LogP contribution in [0.25, 0.3) is 10.8 Å². The number of piperazine rings is 1. The van der Waals surface area contributed by atoms with Crippen molar-refractivity contribution >= 4 is 43.7 Å². The van der Waals surface area contributed by atoms with Crippen molar-refractivity contribution in [3.63, 3.8) is 0 Å². The number of fused-ring (bicyclic) bond motifs is 2. The second-order valence-corrected chi connectivity index (χ2v) is 11.5. The van der Waals surface area contributed by atoms with Crippen LogP contribution in [-0.4, -0.2) is 50.3 Å². The molecule has 2 aliphatic heterocycles. The zero-order valence-corrected chi connectivity index (χ0v) is 19.0. The number of benzene rings is 2. The van der Waals surface area contributed by atoms with Gasteiger partial charge in [-0.1, -0.05) is 23.7 Å². The minimum atomic E-state index is -3.49. The summed E-state index contributed by atoms with van der Waals surface area (Å²) in [6.45, 7) is 5.48. The van der Waals surface area contributed by atoms with Gasteiger partial charge in [-0.05, 0) is 53.1 Å². The van der Waals surface area contributed by atoms with E-state index in [2.05, 4.69) is 16.3 Å². The van der Waals surface area contributed by atoms with Gasteiger partial charge in [-0.25, -0.2) is 8.42 Å². The third-order valence-corrected chi connectivity index (χ3v) is 9.27. The van der Waals surface area contributed by atoms with E-state index in [-0.39, 0.29) is 0 Å². The summed E-state index contributed by atoms with van der Waals surface area (Å²) in [7, 11) is -3.49. The molecule has 5 rings (SSSR count). The van der Waals surface area contributed by atoms with Crippen LogP contribution >= 0.6 is 22.9 Å². The number of hydrogen-bond acceptors (Lipinski definition) is 5. The molecule has 8 heteroatoms. The summed E-state index contributed by atoms with van der Waals surface area (Å²) in [5, 5.41) is 5.90. The SMILES string of the molecule is O=S(=O)(c1ccc2cc(Cl)ccc2c1)N1CCN(Cc2cc3c(s2)CCNC3)CC1. The average molecular weight is 462 g/mol. The van der Waals surface area contributed by atoms with E-state index in [4.69, 9.17) is 11.6 Å². The van der Waals surface area contributed by atoms with Crippen LogP contribution in [0.15, 0.2) is 47.4 Å². The summed E-state index contributed by atoms with van der Waals surface area (Å²) < 4.78 is 28.0. The van der Waals surface area contributed by atoms with Crippen LogP contribution in [0.4, 0.5) is 0 Å². The first-order valence-electron chi connectivity index (χ1n) is 10.2. The second-order valence-electron chi connectivity index (χ2n) is 7.92. The van der Waals surface area contributed by atoms with Gasteiger partial charge in [0, 0.05) is 60.6 Å². The van der Waals surface area contributed by atoms with Gasteiger partial charge in [0.1, 0.15) is 0 Å². The fraction of sp³-hybridized carbons (Fsp3) is 0.364. The Kier molecular flexibility index (Phi) is 5.60. The summed E-state index contributed by atoms with van der Waals surface area (Å²) in [5.41, 5.74) is 1.43. The molecule has 0 spiro atoms. The Balaban J connectivity index is 1.26. The normalized spacial score (nSPS) is 18.6. The van der Waals surface area contributed by atoms with E-state index in [9.17, 15) is 8.42 Å². The van der Waals surface area contributed by atoms with Crippen molar-refractivity contribution < 1.29 is 8.42 Å². The first kappa shape index (κ1) is 20.4. The molecule has 0 bridgehead atoms. The van der Waals surface area contributed by atoms with Gasteiger partial charge in [0.25, 0.3) is 0 Å². The minimum Gasteiger partial charge on any atom is -0.312 e. The van der Waals surface area contributed by atoms with E-state index >= 15 is 0 Å². The minimum absolute atomic E-state index is 0.351. The van der Waals surface area contributed by atoms with Crippen LogP contribution in [0.1, 0.15) is 15.3 Å². The van der Waals surface area contributed by atoms with Crippen LogP contribution < -0.4 is 5.32 Å². The Bertz CT molecular complexity index is 1160. The van der Waals surface area contributed by atoms with E-state index in [1.54, 1.807) is 22.5 Å². The highest BCUT2D eigenvalue weighted by molar-refractivity contribution is 7.89. The number of nitrogens with zero attached hydrogens (tertiary/aromatic N) is 2. The molecule has 3 heterocycles. The highest BCUT2D eigenvalue weighted by atomic mass is 35.5. The predicted octanol–water partition coefficient (Wildman–Crippen LogP) is 3.71. The molecule has 0 radical (unpaired) electrons. The van der Waals surface area contributed by atoms with Crippen molar-refractivity contribution in [2.75, 3.05) is 32.7 Å². The molecule has 2 aromatic carbocycles. The highest BCUT2D eigenvalue weighted by Gasteiger charge is 2.29. The Morgan fingerprint density at radius 1 is 1.00 bits per heavy atom. The van der Waals surface area contributed by atoms with Gasteiger partial charge in [0.15, 0.2) is 0 Å². The standard InChI is InChI=1S/C22H24ClN3O2S2/c23-19-3-1-17-13-21(4-2-16(17)11-19)30(27,28)26-9-7-25(8-10-26)15-20-12-18-14-24-6-5-22(18)29-20/h1-4,11-13,24H,5-10,14-15H2. The summed E-state index contributed by atoms with van der Waals surface area (Å²) in [5.74, 6) is 0. The third-order valence-electron chi connectivity index (χ3n) is 5.91. The summed E-state index contributed by atoms with van der Waals surface area (Å²) >= 11 is 7.95. The van der Waals surface area contributed by atoms with Crippen molar-refractivity contribution in [1.82, 2.24) is 14.5 Å². The fourth-order valence-electron chi connectivity index (χ4n) is 4.24. The van der Waals surface area contributed by atoms with Crippen molar-refractivity contribution in [3.05, 3.63) is 62.8 Å². The molecule has 0 saturated carbocycles. The first-order chi connectivity index (χ1) is 14.5. The van der Waals surface area contributed by atoms with E-state index in [0.29, 0.717) is 23.0 Å². The summed E-state index contributed by atoms with van der Waals surface area (Å²) in [6, 6.07) is 13.1.